The van der Waals surface area contributed by atoms with Crippen LogP contribution in [0.1, 0.15) is 46.3 Å². The first-order chi connectivity index (χ1) is 17.6. The summed E-state index contributed by atoms with van der Waals surface area (Å²) in [5, 5.41) is 15.8. The highest BCUT2D eigenvalue weighted by Gasteiger charge is 2.27. The number of nitrogens with zero attached hydrogens (tertiary/aromatic N) is 2. The lowest BCUT2D eigenvalue weighted by molar-refractivity contribution is -0.116. The van der Waals surface area contributed by atoms with Gasteiger partial charge in [0.15, 0.2) is 0 Å². The topological polar surface area (TPSA) is 111 Å². The number of anilines is 1. The highest BCUT2D eigenvalue weighted by atomic mass is 32.1. The Hall–Kier alpha value is -3.42. The molecule has 1 unspecified atom stereocenters. The van der Waals surface area contributed by atoms with Gasteiger partial charge in [-0.3, -0.25) is 4.79 Å². The van der Waals surface area contributed by atoms with Crippen LogP contribution < -0.4 is 10.1 Å². The Kier molecular flexibility index (Phi) is 8.92. The molecule has 2 heterocycles. The van der Waals surface area contributed by atoms with Crippen molar-refractivity contribution in [2.75, 3.05) is 18.5 Å². The predicted octanol–water partition coefficient (Wildman–Crippen LogP) is 5.50. The zero-order valence-corrected chi connectivity index (χ0v) is 21.6. The highest BCUT2D eigenvalue weighted by molar-refractivity contribution is 7.16. The van der Waals surface area contributed by atoms with Gasteiger partial charge in [0.05, 0.1) is 18.8 Å². The van der Waals surface area contributed by atoms with Gasteiger partial charge in [-0.25, -0.2) is 9.78 Å². The number of nitrogens with one attached hydrogen (secondary N) is 1. The molecule has 1 aliphatic rings. The van der Waals surface area contributed by atoms with E-state index in [2.05, 4.69) is 16.4 Å². The first-order valence-corrected chi connectivity index (χ1v) is 13.5. The number of benzene rings is 1. The molecular weight excluding hydrogens is 498 g/mol. The van der Waals surface area contributed by atoms with Crippen LogP contribution in [0.5, 0.6) is 5.75 Å². The molecule has 0 saturated carbocycles. The summed E-state index contributed by atoms with van der Waals surface area (Å²) < 4.78 is 16.0. The third kappa shape index (κ3) is 6.62. The molecule has 8 nitrogen and oxygen atoms in total. The van der Waals surface area contributed by atoms with Crippen LogP contribution in [0.2, 0.25) is 0 Å². The molecule has 188 valence electrons. The van der Waals surface area contributed by atoms with Gasteiger partial charge in [-0.2, -0.15) is 5.26 Å². The normalized spacial score (nSPS) is 14.4. The molecular formula is C26H27N3O5S2. The third-order valence-electron chi connectivity index (χ3n) is 5.86. The van der Waals surface area contributed by atoms with Crippen molar-refractivity contribution in [1.29, 1.82) is 5.26 Å². The zero-order chi connectivity index (χ0) is 25.3. The lowest BCUT2D eigenvalue weighted by Gasteiger charge is -2.21. The van der Waals surface area contributed by atoms with Crippen LogP contribution in [0.3, 0.4) is 0 Å². The average Bonchev–Trinajstić information content (AvgIpc) is 3.53. The average molecular weight is 526 g/mol. The maximum absolute atomic E-state index is 12.7. The Balaban J connectivity index is 1.30. The summed E-state index contributed by atoms with van der Waals surface area (Å²) in [4.78, 5) is 29.7. The van der Waals surface area contributed by atoms with Crippen LogP contribution >= 0.6 is 22.7 Å². The van der Waals surface area contributed by atoms with Gasteiger partial charge < -0.3 is 19.5 Å². The minimum atomic E-state index is -0.709. The van der Waals surface area contributed by atoms with Crippen LogP contribution in [0.15, 0.2) is 35.8 Å². The number of carbonyl (C=O) groups excluding carboxylic acids is 2. The zero-order valence-electron chi connectivity index (χ0n) is 20.0. The van der Waals surface area contributed by atoms with E-state index in [9.17, 15) is 14.9 Å². The minimum absolute atomic E-state index is 0.0992. The number of rotatable bonds is 10. The quantitative estimate of drug-likeness (QED) is 0.348. The molecule has 2 aromatic heterocycles. The molecule has 10 heteroatoms. The number of aromatic nitrogens is 1. The van der Waals surface area contributed by atoms with Crippen molar-refractivity contribution >= 4 is 39.7 Å². The van der Waals surface area contributed by atoms with E-state index in [1.807, 2.05) is 36.6 Å². The van der Waals surface area contributed by atoms with Crippen LogP contribution in [0.25, 0.3) is 0 Å². The molecule has 0 bridgehead atoms. The number of fused-ring (bicyclic) bond motifs is 1. The second kappa shape index (κ2) is 12.5. The van der Waals surface area contributed by atoms with Crippen molar-refractivity contribution in [2.24, 2.45) is 5.92 Å². The van der Waals surface area contributed by atoms with Crippen LogP contribution in [-0.2, 0) is 40.1 Å². The van der Waals surface area contributed by atoms with E-state index in [1.165, 1.54) is 22.7 Å². The Morgan fingerprint density at radius 3 is 2.92 bits per heavy atom. The smallest absolute Gasteiger partial charge is 0.494 e. The van der Waals surface area contributed by atoms with Gasteiger partial charge in [0.25, 0.3) is 0 Å². The second-order valence-electron chi connectivity index (χ2n) is 8.29. The largest absolute Gasteiger partial charge is 0.508 e. The maximum Gasteiger partial charge on any atom is 0.508 e. The van der Waals surface area contributed by atoms with Crippen LogP contribution in [-0.4, -0.2) is 30.3 Å². The Morgan fingerprint density at radius 1 is 1.28 bits per heavy atom. The number of ether oxygens (including phenoxy) is 3. The molecule has 0 saturated heterocycles. The van der Waals surface area contributed by atoms with Crippen molar-refractivity contribution in [3.63, 3.8) is 0 Å². The van der Waals surface area contributed by atoms with E-state index in [0.717, 1.165) is 28.2 Å². The Morgan fingerprint density at radius 2 is 2.14 bits per heavy atom. The number of thiophene rings is 1. The van der Waals surface area contributed by atoms with Crippen molar-refractivity contribution < 1.29 is 23.8 Å². The number of nitriles is 1. The maximum atomic E-state index is 12.7. The lowest BCUT2D eigenvalue weighted by Crippen LogP contribution is -2.21. The van der Waals surface area contributed by atoms with Gasteiger partial charge in [-0.15, -0.1) is 22.7 Å². The Bertz CT molecular complexity index is 1230. The molecule has 0 aliphatic heterocycles. The summed E-state index contributed by atoms with van der Waals surface area (Å²) in [5.74, 6) is 0.783. The van der Waals surface area contributed by atoms with Crippen molar-refractivity contribution in [3.05, 3.63) is 62.4 Å². The van der Waals surface area contributed by atoms with Gasteiger partial charge in [-0.05, 0) is 55.7 Å². The van der Waals surface area contributed by atoms with Gasteiger partial charge in [0.1, 0.15) is 28.4 Å². The molecule has 1 N–H and O–H groups in total. The first-order valence-electron chi connectivity index (χ1n) is 11.8. The molecule has 1 aromatic carbocycles. The van der Waals surface area contributed by atoms with E-state index in [-0.39, 0.29) is 31.5 Å². The van der Waals surface area contributed by atoms with Crippen molar-refractivity contribution in [3.8, 4) is 11.8 Å². The molecule has 1 amide bonds. The summed E-state index contributed by atoms with van der Waals surface area (Å²) in [6.45, 7) is 2.84. The minimum Gasteiger partial charge on any atom is -0.494 e. The summed E-state index contributed by atoms with van der Waals surface area (Å²) >= 11 is 2.85. The molecule has 0 spiro atoms. The standard InChI is InChI=1S/C26H27N3O5S2/c1-2-32-21-6-4-3-5-18(21)8-10-23(30)29-25-20(14-27)19-9-7-17(13-22(19)36-25)15-33-26(31)34-16-24-28-11-12-35-24/h3-6,11-12,17H,2,7-10,13,15-16H2,1H3,(H,29,30). The Labute approximate surface area is 217 Å². The number of aryl methyl sites for hydroxylation is 1. The highest BCUT2D eigenvalue weighted by Crippen LogP contribution is 2.39. The predicted molar refractivity (Wildman–Crippen MR) is 137 cm³/mol. The SMILES string of the molecule is CCOc1ccccc1CCC(=O)Nc1sc2c(c1C#N)CCC(COC(=O)OCc1nccs1)C2. The lowest BCUT2D eigenvalue weighted by atomic mass is 9.88. The fourth-order valence-corrected chi connectivity index (χ4v) is 5.98. The van der Waals surface area contributed by atoms with Crippen LogP contribution in [0.4, 0.5) is 9.80 Å². The molecule has 36 heavy (non-hydrogen) atoms. The number of para-hydroxylation sites is 1. The van der Waals surface area contributed by atoms with E-state index in [1.54, 1.807) is 6.20 Å². The van der Waals surface area contributed by atoms with Crippen LogP contribution in [0, 0.1) is 17.2 Å². The number of carbonyl (C=O) groups is 2. The first kappa shape index (κ1) is 25.7. The molecule has 3 aromatic rings. The number of hydrogen-bond acceptors (Lipinski definition) is 9. The van der Waals surface area contributed by atoms with Gasteiger partial charge in [0.2, 0.25) is 5.91 Å². The number of thiazole rings is 1. The van der Waals surface area contributed by atoms with Gasteiger partial charge in [-0.1, -0.05) is 18.2 Å². The molecule has 4 rings (SSSR count). The summed E-state index contributed by atoms with van der Waals surface area (Å²) in [7, 11) is 0. The monoisotopic (exact) mass is 525 g/mol. The fourth-order valence-electron chi connectivity index (χ4n) is 4.12. The summed E-state index contributed by atoms with van der Waals surface area (Å²) in [6.07, 6.45) is 3.96. The second-order valence-corrected chi connectivity index (χ2v) is 10.4. The molecule has 0 radical (unpaired) electrons. The van der Waals surface area contributed by atoms with E-state index < -0.39 is 6.16 Å². The fraction of sp³-hybridized carbons (Fsp3) is 0.385. The molecule has 0 fully saturated rings. The van der Waals surface area contributed by atoms with Crippen molar-refractivity contribution in [2.45, 2.75) is 45.6 Å². The third-order valence-corrected chi connectivity index (χ3v) is 7.78. The number of amides is 1. The van der Waals surface area contributed by atoms with Gasteiger partial charge in [0, 0.05) is 22.9 Å². The number of hydrogen-bond donors (Lipinski definition) is 1. The van der Waals surface area contributed by atoms with E-state index in [4.69, 9.17) is 14.2 Å². The molecule has 1 atom stereocenters. The summed E-state index contributed by atoms with van der Waals surface area (Å²) in [6, 6.07) is 9.97. The van der Waals surface area contributed by atoms with Crippen molar-refractivity contribution in [1.82, 2.24) is 4.98 Å². The van der Waals surface area contributed by atoms with Gasteiger partial charge >= 0.3 is 6.16 Å². The summed E-state index contributed by atoms with van der Waals surface area (Å²) in [5.41, 5.74) is 2.51. The molecule has 1 aliphatic carbocycles. The van der Waals surface area contributed by atoms with E-state index >= 15 is 0 Å². The van der Waals surface area contributed by atoms with E-state index in [0.29, 0.717) is 41.4 Å².